The quantitative estimate of drug-likeness (QED) is 0.766. The van der Waals surface area contributed by atoms with Crippen molar-refractivity contribution in [3.8, 4) is 5.75 Å². The van der Waals surface area contributed by atoms with E-state index >= 15 is 0 Å². The van der Waals surface area contributed by atoms with E-state index in [9.17, 15) is 18.8 Å². The number of nitrogens with zero attached hydrogens (tertiary/aromatic N) is 1. The van der Waals surface area contributed by atoms with Gasteiger partial charge in [-0.25, -0.2) is 4.39 Å². The smallest absolute Gasteiger partial charge is 0.255 e. The van der Waals surface area contributed by atoms with E-state index in [4.69, 9.17) is 4.74 Å². The van der Waals surface area contributed by atoms with Crippen LogP contribution in [0.4, 0.5) is 4.39 Å². The second kappa shape index (κ2) is 8.24. The van der Waals surface area contributed by atoms with Crippen molar-refractivity contribution in [3.63, 3.8) is 0 Å². The van der Waals surface area contributed by atoms with E-state index in [0.717, 1.165) is 31.7 Å². The molecule has 4 rings (SSSR count). The van der Waals surface area contributed by atoms with Crippen LogP contribution < -0.4 is 15.4 Å². The van der Waals surface area contributed by atoms with Gasteiger partial charge in [-0.15, -0.1) is 0 Å². The predicted octanol–water partition coefficient (Wildman–Crippen LogP) is 1.86. The van der Waals surface area contributed by atoms with Gasteiger partial charge in [0.05, 0.1) is 12.7 Å². The average molecular weight is 417 g/mol. The van der Waals surface area contributed by atoms with Crippen LogP contribution in [-0.4, -0.2) is 55.4 Å². The highest BCUT2D eigenvalue weighted by Gasteiger charge is 2.46. The molecule has 0 bridgehead atoms. The van der Waals surface area contributed by atoms with Gasteiger partial charge in [-0.05, 0) is 49.3 Å². The lowest BCUT2D eigenvalue weighted by Crippen LogP contribution is -2.58. The Morgan fingerprint density at radius 3 is 2.80 bits per heavy atom. The minimum Gasteiger partial charge on any atom is -0.496 e. The number of methoxy groups -OCH3 is 1. The normalized spacial score (nSPS) is 24.9. The van der Waals surface area contributed by atoms with E-state index in [1.165, 1.54) is 19.2 Å². The van der Waals surface area contributed by atoms with Crippen molar-refractivity contribution in [3.05, 3.63) is 29.6 Å². The molecular weight excluding hydrogens is 389 g/mol. The molecule has 1 saturated carbocycles. The second-order valence-electron chi connectivity index (χ2n) is 8.83. The van der Waals surface area contributed by atoms with Crippen LogP contribution in [0.5, 0.6) is 5.75 Å². The largest absolute Gasteiger partial charge is 0.496 e. The molecule has 3 fully saturated rings. The summed E-state index contributed by atoms with van der Waals surface area (Å²) in [4.78, 5) is 39.5. The van der Waals surface area contributed by atoms with Crippen LogP contribution in [-0.2, 0) is 9.59 Å². The SMILES string of the molecule is COc1ccc(F)cc1C(=O)NC1CN(C(=O)CC2CCNC2=O)CC2(CCC2)C1. The third-order valence-electron chi connectivity index (χ3n) is 6.74. The van der Waals surface area contributed by atoms with Crippen molar-refractivity contribution in [2.24, 2.45) is 11.3 Å². The molecule has 8 heteroatoms. The van der Waals surface area contributed by atoms with Gasteiger partial charge in [0.1, 0.15) is 11.6 Å². The molecule has 2 aliphatic heterocycles. The molecule has 1 aromatic rings. The van der Waals surface area contributed by atoms with Gasteiger partial charge in [-0.3, -0.25) is 14.4 Å². The maximum absolute atomic E-state index is 13.7. The van der Waals surface area contributed by atoms with Crippen molar-refractivity contribution in [1.82, 2.24) is 15.5 Å². The van der Waals surface area contributed by atoms with Crippen molar-refractivity contribution in [2.45, 2.75) is 44.6 Å². The highest BCUT2D eigenvalue weighted by Crippen LogP contribution is 2.47. The summed E-state index contributed by atoms with van der Waals surface area (Å²) < 4.78 is 18.9. The van der Waals surface area contributed by atoms with Crippen LogP contribution in [0.15, 0.2) is 18.2 Å². The number of hydrogen-bond donors (Lipinski definition) is 2. The zero-order chi connectivity index (χ0) is 21.3. The molecule has 3 aliphatic rings. The Kier molecular flexibility index (Phi) is 5.66. The van der Waals surface area contributed by atoms with Crippen molar-refractivity contribution < 1.29 is 23.5 Å². The molecule has 162 valence electrons. The topological polar surface area (TPSA) is 87.7 Å². The van der Waals surface area contributed by atoms with E-state index in [0.29, 0.717) is 31.8 Å². The Bertz CT molecular complexity index is 855. The van der Waals surface area contributed by atoms with E-state index < -0.39 is 11.7 Å². The molecule has 2 heterocycles. The number of carbonyl (C=O) groups is 3. The fourth-order valence-electron chi connectivity index (χ4n) is 5.01. The highest BCUT2D eigenvalue weighted by atomic mass is 19.1. The van der Waals surface area contributed by atoms with Gasteiger partial charge in [-0.2, -0.15) is 0 Å². The Morgan fingerprint density at radius 1 is 1.37 bits per heavy atom. The lowest BCUT2D eigenvalue weighted by molar-refractivity contribution is -0.140. The summed E-state index contributed by atoms with van der Waals surface area (Å²) in [7, 11) is 1.44. The second-order valence-corrected chi connectivity index (χ2v) is 8.83. The zero-order valence-electron chi connectivity index (χ0n) is 17.2. The predicted molar refractivity (Wildman–Crippen MR) is 107 cm³/mol. The van der Waals surface area contributed by atoms with Gasteiger partial charge in [0, 0.05) is 38.0 Å². The molecule has 30 heavy (non-hydrogen) atoms. The van der Waals surface area contributed by atoms with E-state index in [-0.39, 0.29) is 41.2 Å². The van der Waals surface area contributed by atoms with Gasteiger partial charge in [0.2, 0.25) is 11.8 Å². The average Bonchev–Trinajstić information content (AvgIpc) is 3.10. The minimum absolute atomic E-state index is 0.0236. The van der Waals surface area contributed by atoms with E-state index in [1.807, 2.05) is 4.90 Å². The summed E-state index contributed by atoms with van der Waals surface area (Å²) >= 11 is 0. The van der Waals surface area contributed by atoms with Crippen LogP contribution in [0.2, 0.25) is 0 Å². The van der Waals surface area contributed by atoms with Crippen LogP contribution in [0.1, 0.15) is 48.9 Å². The van der Waals surface area contributed by atoms with Crippen LogP contribution in [0, 0.1) is 17.2 Å². The maximum Gasteiger partial charge on any atom is 0.255 e. The molecule has 1 aromatic carbocycles. The van der Waals surface area contributed by atoms with Crippen LogP contribution in [0.25, 0.3) is 0 Å². The number of benzene rings is 1. The monoisotopic (exact) mass is 417 g/mol. The maximum atomic E-state index is 13.7. The first-order valence-corrected chi connectivity index (χ1v) is 10.6. The fourth-order valence-corrected chi connectivity index (χ4v) is 5.01. The number of piperidine rings is 1. The fraction of sp³-hybridized carbons (Fsp3) is 0.591. The van der Waals surface area contributed by atoms with Crippen molar-refractivity contribution >= 4 is 17.7 Å². The number of likely N-dealkylation sites (tertiary alicyclic amines) is 1. The lowest BCUT2D eigenvalue weighted by Gasteiger charge is -2.51. The summed E-state index contributed by atoms with van der Waals surface area (Å²) in [6.45, 7) is 1.70. The lowest BCUT2D eigenvalue weighted by atomic mass is 9.63. The van der Waals surface area contributed by atoms with E-state index in [2.05, 4.69) is 10.6 Å². The standard InChI is InChI=1S/C22H28FN3O4/c1-30-18-4-3-15(23)10-17(18)21(29)25-16-11-22(6-2-7-22)13-26(12-16)19(27)9-14-5-8-24-20(14)28/h3-4,10,14,16H,2,5-9,11-13H2,1H3,(H,24,28)(H,25,29). The number of nitrogens with one attached hydrogen (secondary N) is 2. The molecule has 2 saturated heterocycles. The molecule has 0 aromatic heterocycles. The Balaban J connectivity index is 1.46. The first-order valence-electron chi connectivity index (χ1n) is 10.6. The molecular formula is C22H28FN3O4. The summed E-state index contributed by atoms with van der Waals surface area (Å²) in [6.07, 6.45) is 4.85. The number of hydrogen-bond acceptors (Lipinski definition) is 4. The van der Waals surface area contributed by atoms with Crippen molar-refractivity contribution in [1.29, 1.82) is 0 Å². The summed E-state index contributed by atoms with van der Waals surface area (Å²) in [5.41, 5.74) is 0.168. The molecule has 7 nitrogen and oxygen atoms in total. The number of amides is 3. The summed E-state index contributed by atoms with van der Waals surface area (Å²) in [6, 6.07) is 3.62. The summed E-state index contributed by atoms with van der Waals surface area (Å²) in [5, 5.41) is 5.76. The van der Waals surface area contributed by atoms with Gasteiger partial charge in [-0.1, -0.05) is 6.42 Å². The third kappa shape index (κ3) is 4.13. The van der Waals surface area contributed by atoms with Gasteiger partial charge >= 0.3 is 0 Å². The zero-order valence-corrected chi connectivity index (χ0v) is 17.2. The van der Waals surface area contributed by atoms with Crippen LogP contribution >= 0.6 is 0 Å². The van der Waals surface area contributed by atoms with Gasteiger partial charge in [0.15, 0.2) is 0 Å². The molecule has 2 unspecified atom stereocenters. The molecule has 0 radical (unpaired) electrons. The van der Waals surface area contributed by atoms with Gasteiger partial charge < -0.3 is 20.3 Å². The molecule has 1 spiro atoms. The minimum atomic E-state index is -0.508. The van der Waals surface area contributed by atoms with E-state index in [1.54, 1.807) is 0 Å². The van der Waals surface area contributed by atoms with Gasteiger partial charge in [0.25, 0.3) is 5.91 Å². The Labute approximate surface area is 175 Å². The number of halogens is 1. The molecule has 2 N–H and O–H groups in total. The first-order chi connectivity index (χ1) is 14.4. The third-order valence-corrected chi connectivity index (χ3v) is 6.74. The molecule has 3 amide bonds. The molecule has 2 atom stereocenters. The van der Waals surface area contributed by atoms with Crippen molar-refractivity contribution in [2.75, 3.05) is 26.7 Å². The number of ether oxygens (including phenoxy) is 1. The number of rotatable bonds is 5. The first kappa shape index (κ1) is 20.6. The highest BCUT2D eigenvalue weighted by molar-refractivity contribution is 5.97. The Morgan fingerprint density at radius 2 is 2.17 bits per heavy atom. The number of carbonyl (C=O) groups excluding carboxylic acids is 3. The summed E-state index contributed by atoms with van der Waals surface area (Å²) in [5.74, 6) is -0.959. The molecule has 1 aliphatic carbocycles. The van der Waals surface area contributed by atoms with Crippen LogP contribution in [0.3, 0.4) is 0 Å². The Hall–Kier alpha value is -2.64.